The highest BCUT2D eigenvalue weighted by Gasteiger charge is 2.13. The zero-order chi connectivity index (χ0) is 14.5. The van der Waals surface area contributed by atoms with Crippen molar-refractivity contribution in [2.45, 2.75) is 19.4 Å². The quantitative estimate of drug-likeness (QED) is 0.879. The third-order valence-corrected chi connectivity index (χ3v) is 3.14. The summed E-state index contributed by atoms with van der Waals surface area (Å²) in [5, 5.41) is 11.7. The summed E-state index contributed by atoms with van der Waals surface area (Å²) in [6.07, 6.45) is 4.08. The molecular formula is C15H17FN2O2. The van der Waals surface area contributed by atoms with Crippen LogP contribution in [0.25, 0.3) is 5.69 Å². The van der Waals surface area contributed by atoms with Gasteiger partial charge in [-0.3, -0.25) is 4.79 Å². The van der Waals surface area contributed by atoms with Crippen LogP contribution in [-0.4, -0.2) is 28.2 Å². The van der Waals surface area contributed by atoms with E-state index in [1.807, 2.05) is 6.92 Å². The van der Waals surface area contributed by atoms with E-state index in [-0.39, 0.29) is 24.1 Å². The van der Waals surface area contributed by atoms with Gasteiger partial charge in [0.15, 0.2) is 0 Å². The Balaban J connectivity index is 2.19. The Kier molecular flexibility index (Phi) is 4.53. The van der Waals surface area contributed by atoms with Gasteiger partial charge in [0, 0.05) is 18.0 Å². The lowest BCUT2D eigenvalue weighted by molar-refractivity contribution is 0.0914. The van der Waals surface area contributed by atoms with Crippen molar-refractivity contribution in [3.63, 3.8) is 0 Å². The predicted molar refractivity (Wildman–Crippen MR) is 74.4 cm³/mol. The maximum Gasteiger partial charge on any atom is 0.251 e. The van der Waals surface area contributed by atoms with Crippen molar-refractivity contribution in [2.24, 2.45) is 0 Å². The van der Waals surface area contributed by atoms with Crippen LogP contribution in [0, 0.1) is 5.82 Å². The first-order valence-electron chi connectivity index (χ1n) is 6.50. The van der Waals surface area contributed by atoms with Crippen molar-refractivity contribution in [3.8, 4) is 5.69 Å². The maximum atomic E-state index is 14.0. The average Bonchev–Trinajstić information content (AvgIpc) is 2.98. The first kappa shape index (κ1) is 14.3. The molecule has 0 fully saturated rings. The number of nitrogens with one attached hydrogen (secondary N) is 1. The van der Waals surface area contributed by atoms with E-state index in [1.165, 1.54) is 6.07 Å². The molecule has 0 radical (unpaired) electrons. The molecule has 1 heterocycles. The number of aliphatic hydroxyl groups excluding tert-OH is 1. The predicted octanol–water partition coefficient (Wildman–Crippen LogP) is 2.12. The lowest BCUT2D eigenvalue weighted by Gasteiger charge is -2.14. The fourth-order valence-corrected chi connectivity index (χ4v) is 1.90. The highest BCUT2D eigenvalue weighted by Crippen LogP contribution is 2.15. The number of amides is 1. The van der Waals surface area contributed by atoms with Gasteiger partial charge in [-0.25, -0.2) is 4.39 Å². The van der Waals surface area contributed by atoms with Crippen molar-refractivity contribution in [1.29, 1.82) is 0 Å². The van der Waals surface area contributed by atoms with Gasteiger partial charge >= 0.3 is 0 Å². The number of halogens is 1. The Hall–Kier alpha value is -2.14. The monoisotopic (exact) mass is 276 g/mol. The molecule has 1 aromatic carbocycles. The van der Waals surface area contributed by atoms with Crippen molar-refractivity contribution < 1.29 is 14.3 Å². The number of nitrogens with zero attached hydrogens (tertiary/aromatic N) is 1. The normalized spacial score (nSPS) is 12.2. The molecule has 1 aromatic heterocycles. The van der Waals surface area contributed by atoms with Crippen molar-refractivity contribution in [1.82, 2.24) is 9.88 Å². The summed E-state index contributed by atoms with van der Waals surface area (Å²) in [7, 11) is 0. The van der Waals surface area contributed by atoms with Gasteiger partial charge in [-0.2, -0.15) is 0 Å². The maximum absolute atomic E-state index is 14.0. The zero-order valence-electron chi connectivity index (χ0n) is 11.2. The number of aromatic nitrogens is 1. The lowest BCUT2D eigenvalue weighted by Crippen LogP contribution is -2.36. The first-order valence-corrected chi connectivity index (χ1v) is 6.50. The smallest absolute Gasteiger partial charge is 0.251 e. The number of carbonyl (C=O) groups is 1. The summed E-state index contributed by atoms with van der Waals surface area (Å²) in [5.41, 5.74) is 0.631. The second kappa shape index (κ2) is 6.34. The summed E-state index contributed by atoms with van der Waals surface area (Å²) >= 11 is 0. The van der Waals surface area contributed by atoms with E-state index in [4.69, 9.17) is 5.11 Å². The van der Waals surface area contributed by atoms with Crippen molar-refractivity contribution in [2.75, 3.05) is 6.61 Å². The summed E-state index contributed by atoms with van der Waals surface area (Å²) in [5.74, 6) is -0.852. The molecule has 2 N–H and O–H groups in total. The fourth-order valence-electron chi connectivity index (χ4n) is 1.90. The molecule has 0 aliphatic rings. The van der Waals surface area contributed by atoms with Crippen LogP contribution in [0.2, 0.25) is 0 Å². The van der Waals surface area contributed by atoms with Gasteiger partial charge in [-0.1, -0.05) is 6.92 Å². The molecule has 4 nitrogen and oxygen atoms in total. The molecule has 106 valence electrons. The molecule has 0 aliphatic carbocycles. The number of hydrogen-bond acceptors (Lipinski definition) is 2. The van der Waals surface area contributed by atoms with E-state index < -0.39 is 5.82 Å². The SMILES string of the molecule is CCC(CO)NC(=O)c1ccc(-n2cccc2)c(F)c1. The molecule has 0 saturated heterocycles. The topological polar surface area (TPSA) is 54.3 Å². The van der Waals surface area contributed by atoms with Gasteiger partial charge < -0.3 is 15.0 Å². The molecule has 0 saturated carbocycles. The summed E-state index contributed by atoms with van der Waals surface area (Å²) in [6, 6.07) is 7.62. The zero-order valence-corrected chi connectivity index (χ0v) is 11.2. The summed E-state index contributed by atoms with van der Waals surface area (Å²) in [6.45, 7) is 1.73. The second-order valence-electron chi connectivity index (χ2n) is 4.52. The van der Waals surface area contributed by atoms with Crippen LogP contribution in [0.1, 0.15) is 23.7 Å². The molecular weight excluding hydrogens is 259 g/mol. The molecule has 1 atom stereocenters. The van der Waals surface area contributed by atoms with Crippen LogP contribution in [0.15, 0.2) is 42.7 Å². The number of rotatable bonds is 5. The van der Waals surface area contributed by atoms with E-state index >= 15 is 0 Å². The van der Waals surface area contributed by atoms with E-state index in [0.29, 0.717) is 12.1 Å². The molecule has 0 bridgehead atoms. The van der Waals surface area contributed by atoms with Gasteiger partial charge in [0.25, 0.3) is 5.91 Å². The molecule has 0 aliphatic heterocycles. The van der Waals surface area contributed by atoms with Crippen molar-refractivity contribution >= 4 is 5.91 Å². The molecule has 2 aromatic rings. The third-order valence-electron chi connectivity index (χ3n) is 3.14. The molecule has 20 heavy (non-hydrogen) atoms. The standard InChI is InChI=1S/C15H17FN2O2/c1-2-12(10-19)17-15(20)11-5-6-14(13(16)9-11)18-7-3-4-8-18/h3-9,12,19H,2,10H2,1H3,(H,17,20). The van der Waals surface area contributed by atoms with Crippen LogP contribution in [0.5, 0.6) is 0 Å². The molecule has 2 rings (SSSR count). The van der Waals surface area contributed by atoms with Crippen LogP contribution in [0.3, 0.4) is 0 Å². The number of aliphatic hydroxyl groups is 1. The highest BCUT2D eigenvalue weighted by molar-refractivity contribution is 5.94. The van der Waals surface area contributed by atoms with Gasteiger partial charge in [0.05, 0.1) is 18.3 Å². The van der Waals surface area contributed by atoms with E-state index in [2.05, 4.69) is 5.32 Å². The Morgan fingerprint density at radius 1 is 1.40 bits per heavy atom. The highest BCUT2D eigenvalue weighted by atomic mass is 19.1. The van der Waals surface area contributed by atoms with Crippen LogP contribution < -0.4 is 5.32 Å². The van der Waals surface area contributed by atoms with Crippen LogP contribution >= 0.6 is 0 Å². The minimum atomic E-state index is -0.467. The molecule has 1 amide bonds. The Morgan fingerprint density at radius 2 is 2.10 bits per heavy atom. The van der Waals surface area contributed by atoms with Gasteiger partial charge in [0.1, 0.15) is 5.82 Å². The second-order valence-corrected chi connectivity index (χ2v) is 4.52. The Labute approximate surface area is 116 Å². The summed E-state index contributed by atoms with van der Waals surface area (Å²) in [4.78, 5) is 11.9. The minimum Gasteiger partial charge on any atom is -0.394 e. The van der Waals surface area contributed by atoms with Crippen LogP contribution in [-0.2, 0) is 0 Å². The number of benzene rings is 1. The average molecular weight is 276 g/mol. The Morgan fingerprint density at radius 3 is 2.65 bits per heavy atom. The molecule has 1 unspecified atom stereocenters. The lowest BCUT2D eigenvalue weighted by atomic mass is 10.1. The third kappa shape index (κ3) is 3.05. The number of carbonyl (C=O) groups excluding carboxylic acids is 1. The Bertz CT molecular complexity index is 578. The van der Waals surface area contributed by atoms with Gasteiger partial charge in [-0.15, -0.1) is 0 Å². The van der Waals surface area contributed by atoms with Crippen molar-refractivity contribution in [3.05, 3.63) is 54.1 Å². The van der Waals surface area contributed by atoms with Gasteiger partial charge in [0.2, 0.25) is 0 Å². The molecule has 0 spiro atoms. The van der Waals surface area contributed by atoms with Crippen LogP contribution in [0.4, 0.5) is 4.39 Å². The van der Waals surface area contributed by atoms with E-state index in [9.17, 15) is 9.18 Å². The first-order chi connectivity index (χ1) is 9.65. The minimum absolute atomic E-state index is 0.133. The van der Waals surface area contributed by atoms with Gasteiger partial charge in [-0.05, 0) is 36.8 Å². The largest absolute Gasteiger partial charge is 0.394 e. The fraction of sp³-hybridized carbons (Fsp3) is 0.267. The molecule has 5 heteroatoms. The van der Waals surface area contributed by atoms with E-state index in [0.717, 1.165) is 0 Å². The summed E-state index contributed by atoms with van der Waals surface area (Å²) < 4.78 is 15.7. The van der Waals surface area contributed by atoms with E-state index in [1.54, 1.807) is 41.2 Å². The number of hydrogen-bond donors (Lipinski definition) is 2.